The number of benzene rings is 6. The quantitative estimate of drug-likeness (QED) is 0.0497. The summed E-state index contributed by atoms with van der Waals surface area (Å²) < 4.78 is 0. The van der Waals surface area contributed by atoms with Crippen molar-refractivity contribution in [2.45, 2.75) is 117 Å². The molecule has 7 rings (SSSR count). The molecule has 0 radical (unpaired) electrons. The van der Waals surface area contributed by atoms with Crippen molar-refractivity contribution < 1.29 is 0 Å². The zero-order valence-corrected chi connectivity index (χ0v) is 38.6. The van der Waals surface area contributed by atoms with Gasteiger partial charge in [0, 0.05) is 34.1 Å². The minimum atomic E-state index is -2.30. The highest BCUT2D eigenvalue weighted by Crippen LogP contribution is 2.43. The van der Waals surface area contributed by atoms with Crippen molar-refractivity contribution in [3.63, 3.8) is 0 Å². The lowest BCUT2D eigenvalue weighted by molar-refractivity contribution is 0.616. The summed E-state index contributed by atoms with van der Waals surface area (Å²) in [7, 11) is -2.30. The fourth-order valence-corrected chi connectivity index (χ4v) is 15.4. The molecule has 314 valence electrons. The molecule has 0 aromatic heterocycles. The van der Waals surface area contributed by atoms with Crippen LogP contribution < -0.4 is 20.2 Å². The minimum Gasteiger partial charge on any atom is -0.310 e. The fraction of sp³-hybridized carbons (Fsp3) is 0.310. The second-order valence-electron chi connectivity index (χ2n) is 17.5. The lowest BCUT2D eigenvalue weighted by Gasteiger charge is -2.33. The molecule has 0 unspecified atom stereocenters. The summed E-state index contributed by atoms with van der Waals surface area (Å²) in [6, 6.07) is 53.4. The van der Waals surface area contributed by atoms with Crippen LogP contribution in [-0.2, 0) is 0 Å². The van der Waals surface area contributed by atoms with Gasteiger partial charge in [-0.25, -0.2) is 0 Å². The number of hydrogen-bond donors (Lipinski definition) is 0. The molecule has 1 aliphatic heterocycles. The van der Waals surface area contributed by atoms with E-state index in [1.165, 1.54) is 146 Å². The van der Waals surface area contributed by atoms with E-state index in [1.54, 1.807) is 10.4 Å². The van der Waals surface area contributed by atoms with E-state index in [1.807, 2.05) is 12.2 Å². The largest absolute Gasteiger partial charge is 0.310 e. The van der Waals surface area contributed by atoms with Crippen molar-refractivity contribution >= 4 is 64.7 Å². The lowest BCUT2D eigenvalue weighted by Crippen LogP contribution is -2.55. The number of hydrogen-bond acceptors (Lipinski definition) is 2. The Kier molecular flexibility index (Phi) is 15.0. The first-order valence-electron chi connectivity index (χ1n) is 23.4. The fourth-order valence-electron chi connectivity index (χ4n) is 9.77. The SMILES string of the molecule is C=Cc1ccc(N(c2cccc(C)c2)c2ccc3c(c2)[Si](CCCCCCCC)(CCCCCCCC)c2cc(N(c4ccc(C=C)cc4)c4cccc(C)c4)ccc2-3)cc1. The number of anilines is 6. The predicted octanol–water partition coefficient (Wildman–Crippen LogP) is 16.8. The second kappa shape index (κ2) is 20.9. The van der Waals surface area contributed by atoms with Crippen LogP contribution in [0.25, 0.3) is 23.3 Å². The highest BCUT2D eigenvalue weighted by molar-refractivity contribution is 7.05. The van der Waals surface area contributed by atoms with Gasteiger partial charge in [-0.3, -0.25) is 0 Å². The molecule has 0 aliphatic carbocycles. The maximum atomic E-state index is 4.05. The molecule has 0 N–H and O–H groups in total. The number of aryl methyl sites for hydroxylation is 2. The van der Waals surface area contributed by atoms with E-state index < -0.39 is 8.07 Å². The Balaban J connectivity index is 1.40. The molecule has 6 aromatic carbocycles. The predicted molar refractivity (Wildman–Crippen MR) is 272 cm³/mol. The molecular weight excluding hydrogens is 753 g/mol. The molecule has 2 nitrogen and oxygen atoms in total. The molecule has 0 bridgehead atoms. The van der Waals surface area contributed by atoms with E-state index >= 15 is 0 Å². The van der Waals surface area contributed by atoms with Crippen LogP contribution in [0.3, 0.4) is 0 Å². The van der Waals surface area contributed by atoms with Crippen LogP contribution in [0.2, 0.25) is 12.1 Å². The first-order chi connectivity index (χ1) is 29.9. The summed E-state index contributed by atoms with van der Waals surface area (Å²) in [4.78, 5) is 4.96. The molecule has 0 fully saturated rings. The average molecular weight is 821 g/mol. The Bertz CT molecular complexity index is 2200. The van der Waals surface area contributed by atoms with Crippen LogP contribution >= 0.6 is 0 Å². The Morgan fingerprint density at radius 2 is 0.770 bits per heavy atom. The third kappa shape index (κ3) is 10.1. The summed E-state index contributed by atoms with van der Waals surface area (Å²) in [5, 5.41) is 3.27. The van der Waals surface area contributed by atoms with Crippen LogP contribution in [0.4, 0.5) is 34.1 Å². The van der Waals surface area contributed by atoms with Gasteiger partial charge in [0.15, 0.2) is 0 Å². The van der Waals surface area contributed by atoms with Crippen LogP contribution in [0, 0.1) is 13.8 Å². The number of fused-ring (bicyclic) bond motifs is 3. The van der Waals surface area contributed by atoms with E-state index in [-0.39, 0.29) is 0 Å². The van der Waals surface area contributed by atoms with Gasteiger partial charge in [0.05, 0.1) is 0 Å². The van der Waals surface area contributed by atoms with Crippen LogP contribution in [0.15, 0.2) is 147 Å². The normalized spacial score (nSPS) is 12.5. The van der Waals surface area contributed by atoms with Crippen molar-refractivity contribution in [2.24, 2.45) is 0 Å². The standard InChI is InChI=1S/C58H68N2Si/c1-7-11-13-15-17-19-39-61(40-20-18-16-14-12-8-2)57-43-53(59(51-25-21-23-45(5)41-51)49-31-27-47(9-3)28-32-49)35-37-55(57)56-38-36-54(44-58(56)61)60(52-26-22-24-46(6)42-52)50-33-29-48(10-4)30-34-50/h9-10,21-38,41-44H,3-4,7-8,11-20,39-40H2,1-2,5-6H3. The van der Waals surface area contributed by atoms with E-state index in [9.17, 15) is 0 Å². The van der Waals surface area contributed by atoms with Gasteiger partial charge in [-0.2, -0.15) is 0 Å². The number of unbranched alkanes of at least 4 members (excludes halogenated alkanes) is 10. The molecule has 1 aliphatic rings. The van der Waals surface area contributed by atoms with Gasteiger partial charge < -0.3 is 9.80 Å². The molecule has 0 saturated carbocycles. The van der Waals surface area contributed by atoms with Gasteiger partial charge >= 0.3 is 0 Å². The summed E-state index contributed by atoms with van der Waals surface area (Å²) in [5.41, 5.74) is 14.9. The van der Waals surface area contributed by atoms with Gasteiger partial charge in [0.2, 0.25) is 0 Å². The minimum absolute atomic E-state index is 1.13. The average Bonchev–Trinajstić information content (AvgIpc) is 3.54. The summed E-state index contributed by atoms with van der Waals surface area (Å²) in [6.45, 7) is 17.1. The Morgan fingerprint density at radius 3 is 1.15 bits per heavy atom. The third-order valence-electron chi connectivity index (χ3n) is 13.1. The maximum absolute atomic E-state index is 4.05. The summed E-state index contributed by atoms with van der Waals surface area (Å²) in [5.74, 6) is 0. The van der Waals surface area contributed by atoms with Crippen molar-refractivity contribution in [3.8, 4) is 11.1 Å². The van der Waals surface area contributed by atoms with Crippen molar-refractivity contribution in [1.29, 1.82) is 0 Å². The van der Waals surface area contributed by atoms with E-state index in [0.29, 0.717) is 0 Å². The van der Waals surface area contributed by atoms with Crippen LogP contribution in [0.1, 0.15) is 113 Å². The number of rotatable bonds is 22. The lowest BCUT2D eigenvalue weighted by atomic mass is 10.0. The first kappa shape index (κ1) is 43.7. The molecule has 0 atom stereocenters. The topological polar surface area (TPSA) is 6.48 Å². The van der Waals surface area contributed by atoms with Crippen LogP contribution in [0.5, 0.6) is 0 Å². The van der Waals surface area contributed by atoms with Gasteiger partial charge in [0.25, 0.3) is 0 Å². The molecule has 61 heavy (non-hydrogen) atoms. The monoisotopic (exact) mass is 821 g/mol. The highest BCUT2D eigenvalue weighted by atomic mass is 28.3. The zero-order valence-electron chi connectivity index (χ0n) is 37.6. The second-order valence-corrected chi connectivity index (χ2v) is 21.8. The molecule has 6 aromatic rings. The Labute approximate surface area is 369 Å². The van der Waals surface area contributed by atoms with Gasteiger partial charge in [-0.15, -0.1) is 0 Å². The van der Waals surface area contributed by atoms with Crippen LogP contribution in [-0.4, -0.2) is 8.07 Å². The Hall–Kier alpha value is -5.38. The van der Waals surface area contributed by atoms with Crippen molar-refractivity contribution in [1.82, 2.24) is 0 Å². The first-order valence-corrected chi connectivity index (χ1v) is 25.8. The summed E-state index contributed by atoms with van der Waals surface area (Å²) in [6.07, 6.45) is 19.7. The third-order valence-corrected chi connectivity index (χ3v) is 18.4. The van der Waals surface area contributed by atoms with Gasteiger partial charge in [0.1, 0.15) is 8.07 Å². The Morgan fingerprint density at radius 1 is 0.410 bits per heavy atom. The van der Waals surface area contributed by atoms with E-state index in [2.05, 4.69) is 184 Å². The molecule has 3 heteroatoms. The van der Waals surface area contributed by atoms with E-state index in [4.69, 9.17) is 0 Å². The van der Waals surface area contributed by atoms with Crippen molar-refractivity contribution in [2.75, 3.05) is 9.80 Å². The van der Waals surface area contributed by atoms with Gasteiger partial charge in [-0.05, 0) is 142 Å². The number of nitrogens with zero attached hydrogens (tertiary/aromatic N) is 2. The summed E-state index contributed by atoms with van der Waals surface area (Å²) >= 11 is 0. The maximum Gasteiger partial charge on any atom is 0.119 e. The highest BCUT2D eigenvalue weighted by Gasteiger charge is 2.45. The molecule has 0 saturated heterocycles. The molecular formula is C58H68N2Si. The molecule has 1 heterocycles. The smallest absolute Gasteiger partial charge is 0.119 e. The van der Waals surface area contributed by atoms with E-state index in [0.717, 1.165) is 11.1 Å². The molecule has 0 amide bonds. The molecule has 0 spiro atoms. The van der Waals surface area contributed by atoms with Crippen molar-refractivity contribution in [3.05, 3.63) is 169 Å². The zero-order chi connectivity index (χ0) is 42.6. The van der Waals surface area contributed by atoms with Gasteiger partial charge in [-0.1, -0.05) is 177 Å².